The van der Waals surface area contributed by atoms with Crippen LogP contribution in [0.2, 0.25) is 0 Å². The van der Waals surface area contributed by atoms with Crippen LogP contribution in [0.3, 0.4) is 0 Å². The van der Waals surface area contributed by atoms with Crippen LogP contribution in [0.4, 0.5) is 0 Å². The van der Waals surface area contributed by atoms with E-state index in [9.17, 15) is 0 Å². The molecule has 0 saturated heterocycles. The van der Waals surface area contributed by atoms with Crippen LogP contribution in [0.15, 0.2) is 29.2 Å². The van der Waals surface area contributed by atoms with Gasteiger partial charge in [0.1, 0.15) is 0 Å². The van der Waals surface area contributed by atoms with Gasteiger partial charge in [0.05, 0.1) is 0 Å². The molecule has 0 radical (unpaired) electrons. The smallest absolute Gasteiger partial charge is 0.0205 e. The molecule has 0 saturated carbocycles. The first-order valence-corrected chi connectivity index (χ1v) is 8.43. The van der Waals surface area contributed by atoms with E-state index in [2.05, 4.69) is 42.8 Å². The maximum absolute atomic E-state index is 3.52. The van der Waals surface area contributed by atoms with Gasteiger partial charge in [0.2, 0.25) is 0 Å². The van der Waals surface area contributed by atoms with Gasteiger partial charge in [0, 0.05) is 11.4 Å². The maximum atomic E-state index is 3.52. The summed E-state index contributed by atoms with van der Waals surface area (Å²) in [6, 6.07) is 8.85. The van der Waals surface area contributed by atoms with Crippen LogP contribution in [-0.2, 0) is 6.54 Å². The van der Waals surface area contributed by atoms with Gasteiger partial charge in [-0.05, 0) is 36.9 Å². The summed E-state index contributed by atoms with van der Waals surface area (Å²) in [4.78, 5) is 1.34. The molecule has 0 fully saturated rings. The fourth-order valence-corrected chi connectivity index (χ4v) is 2.41. The third-order valence-electron chi connectivity index (χ3n) is 3.20. The summed E-state index contributed by atoms with van der Waals surface area (Å²) in [6.07, 6.45) is 10.3. The number of rotatable bonds is 10. The Morgan fingerprint density at radius 1 is 0.944 bits per heavy atom. The Balaban J connectivity index is 2.00. The third-order valence-corrected chi connectivity index (χ3v) is 3.94. The van der Waals surface area contributed by atoms with Gasteiger partial charge in [-0.2, -0.15) is 0 Å². The summed E-state index contributed by atoms with van der Waals surface area (Å²) in [5.41, 5.74) is 1.39. The summed E-state index contributed by atoms with van der Waals surface area (Å²) in [5.74, 6) is 0. The molecule has 0 aliphatic heterocycles. The molecule has 1 aromatic rings. The van der Waals surface area contributed by atoms with Crippen molar-refractivity contribution in [3.63, 3.8) is 0 Å². The van der Waals surface area contributed by atoms with Crippen molar-refractivity contribution in [3.05, 3.63) is 29.8 Å². The van der Waals surface area contributed by atoms with E-state index in [-0.39, 0.29) is 0 Å². The van der Waals surface area contributed by atoms with E-state index in [1.54, 1.807) is 11.8 Å². The van der Waals surface area contributed by atoms with Crippen LogP contribution < -0.4 is 5.32 Å². The fourth-order valence-electron chi connectivity index (χ4n) is 2.01. The summed E-state index contributed by atoms with van der Waals surface area (Å²) in [5, 5.41) is 3.52. The Labute approximate surface area is 117 Å². The lowest BCUT2D eigenvalue weighted by Crippen LogP contribution is -2.14. The van der Waals surface area contributed by atoms with Crippen molar-refractivity contribution in [1.82, 2.24) is 5.32 Å². The first-order chi connectivity index (χ1) is 8.86. The normalized spacial score (nSPS) is 10.8. The number of hydrogen-bond acceptors (Lipinski definition) is 2. The average Bonchev–Trinajstić information content (AvgIpc) is 2.42. The van der Waals surface area contributed by atoms with E-state index in [1.807, 2.05) is 0 Å². The van der Waals surface area contributed by atoms with E-state index in [0.717, 1.165) is 13.1 Å². The molecule has 0 atom stereocenters. The molecule has 1 aromatic carbocycles. The van der Waals surface area contributed by atoms with Crippen LogP contribution in [0, 0.1) is 0 Å². The van der Waals surface area contributed by atoms with Crippen molar-refractivity contribution in [1.29, 1.82) is 0 Å². The maximum Gasteiger partial charge on any atom is 0.0205 e. The standard InChI is InChI=1S/C16H27NS/c1-3-4-5-6-7-8-13-17-14-15-9-11-16(18-2)12-10-15/h9-12,17H,3-8,13-14H2,1-2H3. The molecule has 0 aliphatic rings. The minimum absolute atomic E-state index is 1.00. The lowest BCUT2D eigenvalue weighted by molar-refractivity contribution is 0.572. The quantitative estimate of drug-likeness (QED) is 0.479. The second-order valence-electron chi connectivity index (χ2n) is 4.79. The van der Waals surface area contributed by atoms with Crippen LogP contribution in [-0.4, -0.2) is 12.8 Å². The molecule has 0 unspecified atom stereocenters. The number of benzene rings is 1. The average molecular weight is 265 g/mol. The van der Waals surface area contributed by atoms with Crippen molar-refractivity contribution in [2.75, 3.05) is 12.8 Å². The van der Waals surface area contributed by atoms with Crippen molar-refractivity contribution in [2.24, 2.45) is 0 Å². The van der Waals surface area contributed by atoms with Crippen molar-refractivity contribution < 1.29 is 0 Å². The minimum atomic E-state index is 1.00. The van der Waals surface area contributed by atoms with Gasteiger partial charge in [0.25, 0.3) is 0 Å². The fraction of sp³-hybridized carbons (Fsp3) is 0.625. The number of hydrogen-bond donors (Lipinski definition) is 1. The predicted octanol–water partition coefficient (Wildman–Crippen LogP) is 4.86. The molecule has 0 heterocycles. The predicted molar refractivity (Wildman–Crippen MR) is 83.3 cm³/mol. The highest BCUT2D eigenvalue weighted by molar-refractivity contribution is 7.98. The zero-order valence-electron chi connectivity index (χ0n) is 11.9. The van der Waals surface area contributed by atoms with Crippen molar-refractivity contribution in [2.45, 2.75) is 56.9 Å². The number of thioether (sulfide) groups is 1. The van der Waals surface area contributed by atoms with Gasteiger partial charge in [-0.1, -0.05) is 51.2 Å². The first kappa shape index (κ1) is 15.6. The molecule has 1 N–H and O–H groups in total. The Bertz CT molecular complexity index is 294. The summed E-state index contributed by atoms with van der Waals surface area (Å²) < 4.78 is 0. The van der Waals surface area contributed by atoms with Gasteiger partial charge in [-0.25, -0.2) is 0 Å². The lowest BCUT2D eigenvalue weighted by atomic mass is 10.1. The van der Waals surface area contributed by atoms with Crippen molar-refractivity contribution >= 4 is 11.8 Å². The topological polar surface area (TPSA) is 12.0 Å². The zero-order valence-corrected chi connectivity index (χ0v) is 12.7. The molecule has 1 rings (SSSR count). The third kappa shape index (κ3) is 7.07. The SMILES string of the molecule is CCCCCCCCNCc1ccc(SC)cc1. The van der Waals surface area contributed by atoms with Gasteiger partial charge >= 0.3 is 0 Å². The van der Waals surface area contributed by atoms with Crippen LogP contribution in [0.1, 0.15) is 51.0 Å². The van der Waals surface area contributed by atoms with Gasteiger partial charge in [0.15, 0.2) is 0 Å². The second-order valence-corrected chi connectivity index (χ2v) is 5.67. The largest absolute Gasteiger partial charge is 0.313 e. The minimum Gasteiger partial charge on any atom is -0.313 e. The molecular formula is C16H27NS. The van der Waals surface area contributed by atoms with E-state index < -0.39 is 0 Å². The molecular weight excluding hydrogens is 238 g/mol. The highest BCUT2D eigenvalue weighted by atomic mass is 32.2. The van der Waals surface area contributed by atoms with Crippen molar-refractivity contribution in [3.8, 4) is 0 Å². The lowest BCUT2D eigenvalue weighted by Gasteiger charge is -2.05. The summed E-state index contributed by atoms with van der Waals surface area (Å²) in [7, 11) is 0. The molecule has 102 valence electrons. The Morgan fingerprint density at radius 3 is 2.28 bits per heavy atom. The monoisotopic (exact) mass is 265 g/mol. The summed E-state index contributed by atoms with van der Waals surface area (Å²) >= 11 is 1.80. The Morgan fingerprint density at radius 2 is 1.61 bits per heavy atom. The van der Waals surface area contributed by atoms with Gasteiger partial charge in [-0.3, -0.25) is 0 Å². The van der Waals surface area contributed by atoms with Gasteiger partial charge < -0.3 is 5.32 Å². The van der Waals surface area contributed by atoms with Gasteiger partial charge in [-0.15, -0.1) is 11.8 Å². The highest BCUT2D eigenvalue weighted by Crippen LogP contribution is 2.14. The second kappa shape index (κ2) is 10.5. The molecule has 2 heteroatoms. The van der Waals surface area contributed by atoms with Crippen LogP contribution in [0.5, 0.6) is 0 Å². The molecule has 0 aromatic heterocycles. The Kier molecular flexibility index (Phi) is 9.05. The van der Waals surface area contributed by atoms with Crippen LogP contribution in [0.25, 0.3) is 0 Å². The van der Waals surface area contributed by atoms with E-state index in [1.165, 1.54) is 49.0 Å². The number of nitrogens with one attached hydrogen (secondary N) is 1. The molecule has 0 aliphatic carbocycles. The molecule has 0 bridgehead atoms. The Hall–Kier alpha value is -0.470. The number of unbranched alkanes of at least 4 members (excludes halogenated alkanes) is 5. The summed E-state index contributed by atoms with van der Waals surface area (Å²) in [6.45, 7) is 4.42. The van der Waals surface area contributed by atoms with Crippen LogP contribution >= 0.6 is 11.8 Å². The van der Waals surface area contributed by atoms with E-state index in [4.69, 9.17) is 0 Å². The molecule has 0 spiro atoms. The molecule has 1 nitrogen and oxygen atoms in total. The molecule has 0 amide bonds. The zero-order chi connectivity index (χ0) is 13.1. The first-order valence-electron chi connectivity index (χ1n) is 7.20. The van der Waals surface area contributed by atoms with E-state index >= 15 is 0 Å². The van der Waals surface area contributed by atoms with E-state index in [0.29, 0.717) is 0 Å². The molecule has 18 heavy (non-hydrogen) atoms. The highest BCUT2D eigenvalue weighted by Gasteiger charge is 1.94.